The van der Waals surface area contributed by atoms with E-state index in [1.165, 1.54) is 25.9 Å². The molecule has 41 heavy (non-hydrogen) atoms. The summed E-state index contributed by atoms with van der Waals surface area (Å²) in [5.41, 5.74) is 5.36. The summed E-state index contributed by atoms with van der Waals surface area (Å²) in [4.78, 5) is 25.4. The van der Waals surface area contributed by atoms with Crippen LogP contribution in [-0.4, -0.2) is 67.4 Å². The van der Waals surface area contributed by atoms with E-state index in [1.54, 1.807) is 6.20 Å². The zero-order valence-corrected chi connectivity index (χ0v) is 23.4. The molecule has 2 fully saturated rings. The highest BCUT2D eigenvalue weighted by molar-refractivity contribution is 5.95. The first-order valence-corrected chi connectivity index (χ1v) is 14.7. The maximum Gasteiger partial charge on any atom is 0.253 e. The average Bonchev–Trinajstić information content (AvgIpc) is 3.65. The molecule has 8 nitrogen and oxygen atoms in total. The van der Waals surface area contributed by atoms with Crippen LogP contribution in [0.4, 0.5) is 11.4 Å². The predicted molar refractivity (Wildman–Crippen MR) is 163 cm³/mol. The summed E-state index contributed by atoms with van der Waals surface area (Å²) in [7, 11) is 0. The van der Waals surface area contributed by atoms with Crippen LogP contribution in [0.3, 0.4) is 0 Å². The van der Waals surface area contributed by atoms with E-state index in [0.717, 1.165) is 76.5 Å². The molecule has 2 saturated heterocycles. The number of carbonyl (C=O) groups is 1. The number of benzene rings is 2. The van der Waals surface area contributed by atoms with Gasteiger partial charge in [0.15, 0.2) is 11.5 Å². The molecule has 2 aliphatic heterocycles. The Morgan fingerprint density at radius 3 is 2.66 bits per heavy atom. The maximum atomic E-state index is 13.3. The summed E-state index contributed by atoms with van der Waals surface area (Å²) < 4.78 is 2.06. The number of anilines is 2. The fourth-order valence-electron chi connectivity index (χ4n) is 6.65. The van der Waals surface area contributed by atoms with Gasteiger partial charge in [0.2, 0.25) is 0 Å². The minimum Gasteiger partial charge on any atom is -0.494 e. The van der Waals surface area contributed by atoms with Crippen LogP contribution in [0.15, 0.2) is 73.2 Å². The molecule has 3 N–H and O–H groups in total. The van der Waals surface area contributed by atoms with Gasteiger partial charge in [-0.1, -0.05) is 13.0 Å². The molecule has 3 aromatic heterocycles. The molecule has 5 heterocycles. The molecule has 7 rings (SSSR count). The van der Waals surface area contributed by atoms with Gasteiger partial charge >= 0.3 is 0 Å². The van der Waals surface area contributed by atoms with Crippen molar-refractivity contribution in [1.29, 1.82) is 0 Å². The highest BCUT2D eigenvalue weighted by Gasteiger charge is 2.29. The van der Waals surface area contributed by atoms with E-state index in [0.29, 0.717) is 6.04 Å². The number of nitrogens with zero attached hydrogens (tertiary/aromatic N) is 4. The molecule has 0 aliphatic carbocycles. The number of aromatic nitrogens is 3. The number of aromatic amines is 1. The van der Waals surface area contributed by atoms with Crippen LogP contribution in [0.2, 0.25) is 0 Å². The zero-order valence-electron chi connectivity index (χ0n) is 23.4. The lowest BCUT2D eigenvalue weighted by molar-refractivity contribution is 0.0542. The Bertz CT molecular complexity index is 1700. The second kappa shape index (κ2) is 10.6. The van der Waals surface area contributed by atoms with Gasteiger partial charge in [-0.3, -0.25) is 14.1 Å². The Balaban J connectivity index is 1.03. The van der Waals surface area contributed by atoms with Crippen molar-refractivity contribution < 1.29 is 9.90 Å². The van der Waals surface area contributed by atoms with Gasteiger partial charge in [-0.2, -0.15) is 0 Å². The quantitative estimate of drug-likeness (QED) is 0.241. The number of aromatic hydroxyl groups is 1. The lowest BCUT2D eigenvalue weighted by Crippen LogP contribution is -2.49. The molecule has 1 unspecified atom stereocenters. The second-order valence-electron chi connectivity index (χ2n) is 11.7. The number of piperidine rings is 2. The van der Waals surface area contributed by atoms with E-state index in [4.69, 9.17) is 0 Å². The highest BCUT2D eigenvalue weighted by atomic mass is 16.3. The third-order valence-electron chi connectivity index (χ3n) is 8.88. The third-order valence-corrected chi connectivity index (χ3v) is 8.88. The number of nitrogens with one attached hydrogen (secondary N) is 2. The lowest BCUT2D eigenvalue weighted by atomic mass is 9.95. The molecule has 210 valence electrons. The second-order valence-corrected chi connectivity index (χ2v) is 11.7. The first kappa shape index (κ1) is 25.7. The largest absolute Gasteiger partial charge is 0.494 e. The number of amides is 1. The lowest BCUT2D eigenvalue weighted by Gasteiger charge is -2.41. The summed E-state index contributed by atoms with van der Waals surface area (Å²) in [6.45, 7) is 6.43. The van der Waals surface area contributed by atoms with Gasteiger partial charge in [-0.15, -0.1) is 0 Å². The van der Waals surface area contributed by atoms with Crippen molar-refractivity contribution in [2.24, 2.45) is 5.92 Å². The summed E-state index contributed by atoms with van der Waals surface area (Å²) in [6, 6.07) is 18.5. The van der Waals surface area contributed by atoms with Crippen LogP contribution >= 0.6 is 0 Å². The maximum absolute atomic E-state index is 13.3. The number of hydrogen-bond donors (Lipinski definition) is 3. The number of likely N-dealkylation sites (tertiary alicyclic amines) is 2. The molecule has 5 aromatic rings. The van der Waals surface area contributed by atoms with E-state index in [2.05, 4.69) is 43.6 Å². The Hall–Kier alpha value is -4.30. The topological polar surface area (TPSA) is 88.9 Å². The van der Waals surface area contributed by atoms with Crippen LogP contribution in [0, 0.1) is 5.92 Å². The van der Waals surface area contributed by atoms with Crippen molar-refractivity contribution in [3.63, 3.8) is 0 Å². The summed E-state index contributed by atoms with van der Waals surface area (Å²) in [6.07, 6.45) is 10.3. The first-order chi connectivity index (χ1) is 20.0. The molecule has 0 saturated carbocycles. The van der Waals surface area contributed by atoms with E-state index in [-0.39, 0.29) is 11.8 Å². The number of carbonyl (C=O) groups excluding carboxylic acids is 1. The Kier molecular flexibility index (Phi) is 6.63. The van der Waals surface area contributed by atoms with E-state index in [9.17, 15) is 9.90 Å². The Morgan fingerprint density at radius 1 is 1.02 bits per heavy atom. The minimum atomic E-state index is 0.120. The molecule has 0 bridgehead atoms. The SMILES string of the molecule is CC1CCCN(C2CCN(C(=O)c3ccc(Nc4ccc(-c5ccc6c(O)[nH]cc6c5)n5ccnc45)cc3)CC2)C1. The fraction of sp³-hybridized carbons (Fsp3) is 0.333. The van der Waals surface area contributed by atoms with Crippen LogP contribution in [0.25, 0.3) is 27.7 Å². The molecule has 8 heteroatoms. The minimum absolute atomic E-state index is 0.120. The number of H-pyrrole nitrogens is 1. The van der Waals surface area contributed by atoms with Crippen molar-refractivity contribution >= 4 is 33.7 Å². The van der Waals surface area contributed by atoms with Gasteiger partial charge in [0, 0.05) is 66.3 Å². The zero-order chi connectivity index (χ0) is 27.9. The molecule has 2 aromatic carbocycles. The first-order valence-electron chi connectivity index (χ1n) is 14.7. The fourth-order valence-corrected chi connectivity index (χ4v) is 6.65. The Labute approximate surface area is 239 Å². The van der Waals surface area contributed by atoms with Gasteiger partial charge in [-0.25, -0.2) is 4.98 Å². The number of hydrogen-bond acceptors (Lipinski definition) is 5. The number of fused-ring (bicyclic) bond motifs is 2. The average molecular weight is 549 g/mol. The van der Waals surface area contributed by atoms with Crippen molar-refractivity contribution in [1.82, 2.24) is 24.2 Å². The van der Waals surface area contributed by atoms with E-state index in [1.807, 2.05) is 59.8 Å². The number of pyridine rings is 1. The Morgan fingerprint density at radius 2 is 1.85 bits per heavy atom. The molecule has 0 spiro atoms. The molecule has 1 atom stereocenters. The van der Waals surface area contributed by atoms with Gasteiger partial charge in [0.1, 0.15) is 0 Å². The molecule has 1 amide bonds. The third kappa shape index (κ3) is 4.93. The summed E-state index contributed by atoms with van der Waals surface area (Å²) in [5, 5.41) is 15.2. The molecular weight excluding hydrogens is 512 g/mol. The van der Waals surface area contributed by atoms with Crippen molar-refractivity contribution in [3.8, 4) is 17.1 Å². The van der Waals surface area contributed by atoms with Gasteiger partial charge in [0.05, 0.1) is 11.4 Å². The van der Waals surface area contributed by atoms with Crippen LogP contribution in [-0.2, 0) is 0 Å². The van der Waals surface area contributed by atoms with Gasteiger partial charge < -0.3 is 20.3 Å². The molecular formula is C33H36N6O2. The van der Waals surface area contributed by atoms with E-state index >= 15 is 0 Å². The smallest absolute Gasteiger partial charge is 0.253 e. The van der Waals surface area contributed by atoms with Crippen molar-refractivity contribution in [2.75, 3.05) is 31.5 Å². The normalized spacial score (nSPS) is 18.8. The molecule has 2 aliphatic rings. The van der Waals surface area contributed by atoms with Crippen molar-refractivity contribution in [3.05, 3.63) is 78.8 Å². The van der Waals surface area contributed by atoms with Crippen LogP contribution in [0.1, 0.15) is 43.0 Å². The van der Waals surface area contributed by atoms with Crippen LogP contribution < -0.4 is 5.32 Å². The predicted octanol–water partition coefficient (Wildman–Crippen LogP) is 6.27. The number of imidazole rings is 1. The molecule has 0 radical (unpaired) electrons. The standard InChI is InChI=1S/C33H36N6O2/c1-22-3-2-15-38(21-22)27-12-16-37(17-13-27)33(41)23-4-7-26(8-5-23)36-29-10-11-30(39-18-14-34-31(29)39)24-6-9-28-25(19-24)20-35-32(28)40/h4-11,14,18-20,22,27,35-36,40H,2-3,12-13,15-17,21H2,1H3. The van der Waals surface area contributed by atoms with Crippen molar-refractivity contribution in [2.45, 2.75) is 38.6 Å². The van der Waals surface area contributed by atoms with Gasteiger partial charge in [0.25, 0.3) is 5.91 Å². The summed E-state index contributed by atoms with van der Waals surface area (Å²) in [5.74, 6) is 1.09. The highest BCUT2D eigenvalue weighted by Crippen LogP contribution is 2.32. The van der Waals surface area contributed by atoms with Crippen LogP contribution in [0.5, 0.6) is 5.88 Å². The monoisotopic (exact) mass is 548 g/mol. The van der Waals surface area contributed by atoms with E-state index < -0.39 is 0 Å². The summed E-state index contributed by atoms with van der Waals surface area (Å²) >= 11 is 0. The van der Waals surface area contributed by atoms with Gasteiger partial charge in [-0.05, 0) is 92.2 Å². The number of rotatable bonds is 5.